The molecule has 260 valence electrons. The standard InChI is InChI=1S/6C6H14.C4H10O/c6*1-3-5-6-4-2;1-3-5-4-2/h6*3-6H2,1-2H3;3-4H2,1-2H3. The van der Waals surface area contributed by atoms with Crippen LogP contribution < -0.4 is 0 Å². The van der Waals surface area contributed by atoms with Crippen molar-refractivity contribution in [1.29, 1.82) is 0 Å². The van der Waals surface area contributed by atoms with E-state index in [9.17, 15) is 0 Å². The van der Waals surface area contributed by atoms with Crippen molar-refractivity contribution in [3.63, 3.8) is 0 Å². The zero-order valence-electron chi connectivity index (χ0n) is 32.8. The largest absolute Gasteiger partial charge is 0.382 e. The third-order valence-electron chi connectivity index (χ3n) is 6.15. The molecule has 0 aromatic carbocycles. The van der Waals surface area contributed by atoms with Gasteiger partial charge in [0.2, 0.25) is 0 Å². The van der Waals surface area contributed by atoms with Crippen molar-refractivity contribution in [2.45, 2.75) is 251 Å². The average Bonchev–Trinajstić information content (AvgIpc) is 3.00. The lowest BCUT2D eigenvalue weighted by molar-refractivity contribution is 0.162. The monoisotopic (exact) mass is 591 g/mol. The first kappa shape index (κ1) is 56.7. The molecule has 0 rings (SSSR count). The molecule has 1 heteroatoms. The lowest BCUT2D eigenvalue weighted by Crippen LogP contribution is -1.84. The first-order valence-electron chi connectivity index (χ1n) is 19.5. The molecule has 0 atom stereocenters. The number of unbranched alkanes of at least 4 members (excludes halogenated alkanes) is 18. The summed E-state index contributed by atoms with van der Waals surface area (Å²) in [6.07, 6.45) is 33.2. The van der Waals surface area contributed by atoms with Crippen LogP contribution in [0.3, 0.4) is 0 Å². The Balaban J connectivity index is -0.0000000658. The first-order chi connectivity index (χ1) is 19.9. The molecule has 1 nitrogen and oxygen atoms in total. The molecule has 0 amide bonds. The summed E-state index contributed by atoms with van der Waals surface area (Å²) in [4.78, 5) is 0. The topological polar surface area (TPSA) is 9.23 Å². The summed E-state index contributed by atoms with van der Waals surface area (Å²) < 4.78 is 4.83. The summed E-state index contributed by atoms with van der Waals surface area (Å²) in [7, 11) is 0. The van der Waals surface area contributed by atoms with Gasteiger partial charge < -0.3 is 4.74 Å². The quantitative estimate of drug-likeness (QED) is 0.128. The smallest absolute Gasteiger partial charge is 0.0437 e. The number of ether oxygens (including phenoxy) is 1. The molecule has 0 spiro atoms. The lowest BCUT2D eigenvalue weighted by Gasteiger charge is -1.86. The van der Waals surface area contributed by atoms with Gasteiger partial charge in [-0.15, -0.1) is 0 Å². The fourth-order valence-corrected chi connectivity index (χ4v) is 3.20. The Hall–Kier alpha value is -0.0400. The summed E-state index contributed by atoms with van der Waals surface area (Å²) in [5.74, 6) is 0. The zero-order chi connectivity index (χ0) is 33.1. The van der Waals surface area contributed by atoms with Crippen molar-refractivity contribution in [3.05, 3.63) is 0 Å². The summed E-state index contributed by atoms with van der Waals surface area (Å²) in [6, 6.07) is 0. The van der Waals surface area contributed by atoms with Crippen LogP contribution in [-0.2, 0) is 4.74 Å². The van der Waals surface area contributed by atoms with Gasteiger partial charge in [0.15, 0.2) is 0 Å². The molecule has 0 N–H and O–H groups in total. The van der Waals surface area contributed by atoms with Crippen LogP contribution >= 0.6 is 0 Å². The SMILES string of the molecule is CCCCCC.CCCCCC.CCCCCC.CCCCCC.CCCCCC.CCCCCC.CCOCC. The van der Waals surface area contributed by atoms with Crippen LogP contribution in [0.2, 0.25) is 0 Å². The molecule has 0 fully saturated rings. The highest BCUT2D eigenvalue weighted by Crippen LogP contribution is 1.98. The van der Waals surface area contributed by atoms with Gasteiger partial charge in [0, 0.05) is 13.2 Å². The molecule has 0 radical (unpaired) electrons. The molecule has 0 saturated heterocycles. The second-order valence-electron chi connectivity index (χ2n) is 11.0. The molecule has 0 aliphatic rings. The van der Waals surface area contributed by atoms with E-state index >= 15 is 0 Å². The molecule has 0 aromatic heterocycles. The molecule has 41 heavy (non-hydrogen) atoms. The second-order valence-corrected chi connectivity index (χ2v) is 11.0. The van der Waals surface area contributed by atoms with Crippen LogP contribution in [-0.4, -0.2) is 13.2 Å². The molecular formula is C40H94O. The van der Waals surface area contributed by atoms with E-state index in [1.165, 1.54) is 154 Å². The van der Waals surface area contributed by atoms with Gasteiger partial charge in [-0.05, 0) is 13.8 Å². The van der Waals surface area contributed by atoms with Crippen molar-refractivity contribution < 1.29 is 4.74 Å². The minimum Gasteiger partial charge on any atom is -0.382 e. The van der Waals surface area contributed by atoms with Gasteiger partial charge in [0.05, 0.1) is 0 Å². The first-order valence-corrected chi connectivity index (χ1v) is 19.5. The van der Waals surface area contributed by atoms with Crippen LogP contribution in [0.15, 0.2) is 0 Å². The van der Waals surface area contributed by atoms with Crippen LogP contribution in [0.5, 0.6) is 0 Å². The summed E-state index contributed by atoms with van der Waals surface area (Å²) in [6.45, 7) is 32.4. The van der Waals surface area contributed by atoms with Crippen molar-refractivity contribution in [2.75, 3.05) is 13.2 Å². The zero-order valence-corrected chi connectivity index (χ0v) is 32.8. The molecule has 0 bridgehead atoms. The van der Waals surface area contributed by atoms with Crippen molar-refractivity contribution in [1.82, 2.24) is 0 Å². The Morgan fingerprint density at radius 2 is 0.293 bits per heavy atom. The molecule has 0 saturated carbocycles. The number of hydrogen-bond acceptors (Lipinski definition) is 1. The third kappa shape index (κ3) is 145. The Kier molecular flexibility index (Phi) is 115. The Morgan fingerprint density at radius 3 is 0.317 bits per heavy atom. The third-order valence-corrected chi connectivity index (χ3v) is 6.15. The van der Waals surface area contributed by atoms with Crippen molar-refractivity contribution >= 4 is 0 Å². The van der Waals surface area contributed by atoms with Gasteiger partial charge in [0.1, 0.15) is 0 Å². The second kappa shape index (κ2) is 83.4. The summed E-state index contributed by atoms with van der Waals surface area (Å²) in [5, 5.41) is 0. The number of hydrogen-bond donors (Lipinski definition) is 0. The number of rotatable bonds is 20. The summed E-state index contributed by atoms with van der Waals surface area (Å²) >= 11 is 0. The Morgan fingerprint density at radius 1 is 0.195 bits per heavy atom. The van der Waals surface area contributed by atoms with E-state index in [1.807, 2.05) is 13.8 Å². The highest BCUT2D eigenvalue weighted by Gasteiger charge is 1.78. The van der Waals surface area contributed by atoms with E-state index in [2.05, 4.69) is 83.1 Å². The van der Waals surface area contributed by atoms with E-state index < -0.39 is 0 Å². The van der Waals surface area contributed by atoms with Crippen molar-refractivity contribution in [3.8, 4) is 0 Å². The molecule has 0 aliphatic carbocycles. The van der Waals surface area contributed by atoms with E-state index in [1.54, 1.807) is 0 Å². The Labute approximate surface area is 268 Å². The maximum absolute atomic E-state index is 4.83. The van der Waals surface area contributed by atoms with E-state index in [0.29, 0.717) is 0 Å². The minimum absolute atomic E-state index is 0.844. The maximum atomic E-state index is 4.83. The van der Waals surface area contributed by atoms with Gasteiger partial charge >= 0.3 is 0 Å². The molecule has 0 unspecified atom stereocenters. The van der Waals surface area contributed by atoms with E-state index in [-0.39, 0.29) is 0 Å². The van der Waals surface area contributed by atoms with Gasteiger partial charge in [0.25, 0.3) is 0 Å². The van der Waals surface area contributed by atoms with Crippen LogP contribution in [0.25, 0.3) is 0 Å². The minimum atomic E-state index is 0.844. The lowest BCUT2D eigenvalue weighted by atomic mass is 10.2. The maximum Gasteiger partial charge on any atom is 0.0437 e. The molecule has 0 aromatic rings. The fourth-order valence-electron chi connectivity index (χ4n) is 3.20. The Bertz CT molecular complexity index is 176. The van der Waals surface area contributed by atoms with Gasteiger partial charge in [-0.25, -0.2) is 0 Å². The van der Waals surface area contributed by atoms with Crippen LogP contribution in [0.1, 0.15) is 251 Å². The fraction of sp³-hybridized carbons (Fsp3) is 1.00. The van der Waals surface area contributed by atoms with E-state index in [4.69, 9.17) is 4.74 Å². The van der Waals surface area contributed by atoms with Gasteiger partial charge in [-0.1, -0.05) is 237 Å². The highest BCUT2D eigenvalue weighted by atomic mass is 16.5. The molecule has 0 heterocycles. The molecule has 0 aliphatic heterocycles. The van der Waals surface area contributed by atoms with Crippen LogP contribution in [0, 0.1) is 0 Å². The van der Waals surface area contributed by atoms with Crippen LogP contribution in [0.4, 0.5) is 0 Å². The summed E-state index contributed by atoms with van der Waals surface area (Å²) in [5.41, 5.74) is 0. The predicted molar refractivity (Wildman–Crippen MR) is 201 cm³/mol. The average molecular weight is 591 g/mol. The molecular weight excluding hydrogens is 496 g/mol. The van der Waals surface area contributed by atoms with Gasteiger partial charge in [-0.3, -0.25) is 0 Å². The normalized spacial score (nSPS) is 8.93. The predicted octanol–water partition coefficient (Wildman–Crippen LogP) is 16.6. The van der Waals surface area contributed by atoms with E-state index in [0.717, 1.165) is 13.2 Å². The van der Waals surface area contributed by atoms with Gasteiger partial charge in [-0.2, -0.15) is 0 Å². The van der Waals surface area contributed by atoms with Crippen molar-refractivity contribution in [2.24, 2.45) is 0 Å². The highest BCUT2D eigenvalue weighted by molar-refractivity contribution is 4.34.